The maximum absolute atomic E-state index is 11.9. The van der Waals surface area contributed by atoms with Crippen LogP contribution in [-0.4, -0.2) is 35.4 Å². The van der Waals surface area contributed by atoms with Gasteiger partial charge < -0.3 is 16.4 Å². The number of aromatic nitrogens is 2. The van der Waals surface area contributed by atoms with Crippen LogP contribution in [0.3, 0.4) is 0 Å². The number of carbonyl (C=O) groups excluding carboxylic acids is 2. The van der Waals surface area contributed by atoms with Crippen molar-refractivity contribution in [3.8, 4) is 0 Å². The van der Waals surface area contributed by atoms with Crippen molar-refractivity contribution in [2.24, 2.45) is 0 Å². The lowest BCUT2D eigenvalue weighted by atomic mass is 10.3. The second-order valence-corrected chi connectivity index (χ2v) is 4.73. The average molecular weight is 279 g/mol. The van der Waals surface area contributed by atoms with Gasteiger partial charge in [-0.2, -0.15) is 0 Å². The number of rotatable bonds is 4. The summed E-state index contributed by atoms with van der Waals surface area (Å²) in [5.41, 5.74) is 6.72. The molecule has 0 saturated carbocycles. The van der Waals surface area contributed by atoms with Crippen molar-refractivity contribution in [2.45, 2.75) is 6.42 Å². The minimum absolute atomic E-state index is 0.132. The molecular weight excluding hydrogens is 266 g/mol. The molecule has 0 aliphatic rings. The van der Waals surface area contributed by atoms with E-state index in [2.05, 4.69) is 20.6 Å². The summed E-state index contributed by atoms with van der Waals surface area (Å²) >= 11 is 1.19. The maximum atomic E-state index is 11.9. The zero-order valence-corrected chi connectivity index (χ0v) is 11.1. The smallest absolute Gasteiger partial charge is 0.263 e. The van der Waals surface area contributed by atoms with Crippen LogP contribution >= 0.6 is 11.3 Å². The average Bonchev–Trinajstić information content (AvgIpc) is 2.76. The number of fused-ring (bicyclic) bond motifs is 1. The Balaban J connectivity index is 2.09. The van der Waals surface area contributed by atoms with Gasteiger partial charge in [-0.15, -0.1) is 11.3 Å². The molecule has 0 unspecified atom stereocenters. The first-order valence-electron chi connectivity index (χ1n) is 5.61. The lowest BCUT2D eigenvalue weighted by Gasteiger charge is -2.03. The Morgan fingerprint density at radius 3 is 2.79 bits per heavy atom. The Morgan fingerprint density at radius 2 is 2.11 bits per heavy atom. The van der Waals surface area contributed by atoms with E-state index in [0.29, 0.717) is 20.9 Å². The van der Waals surface area contributed by atoms with Gasteiger partial charge in [0.25, 0.3) is 5.91 Å². The van der Waals surface area contributed by atoms with Crippen LogP contribution in [0.2, 0.25) is 0 Å². The SMILES string of the molecule is CNC(=O)CCNC(=O)c1sc2nccnc2c1N. The van der Waals surface area contributed by atoms with Crippen LogP contribution in [0.1, 0.15) is 16.1 Å². The van der Waals surface area contributed by atoms with Crippen LogP contribution in [0.4, 0.5) is 5.69 Å². The fourth-order valence-electron chi connectivity index (χ4n) is 1.51. The van der Waals surface area contributed by atoms with E-state index < -0.39 is 0 Å². The first-order valence-corrected chi connectivity index (χ1v) is 6.43. The van der Waals surface area contributed by atoms with E-state index in [1.165, 1.54) is 17.5 Å². The highest BCUT2D eigenvalue weighted by Crippen LogP contribution is 2.30. The van der Waals surface area contributed by atoms with Gasteiger partial charge in [-0.05, 0) is 0 Å². The lowest BCUT2D eigenvalue weighted by Crippen LogP contribution is -2.29. The predicted molar refractivity (Wildman–Crippen MR) is 72.8 cm³/mol. The number of thiophene rings is 1. The van der Waals surface area contributed by atoms with Gasteiger partial charge in [0, 0.05) is 32.4 Å². The molecule has 2 rings (SSSR count). The number of carbonyl (C=O) groups is 2. The summed E-state index contributed by atoms with van der Waals surface area (Å²) in [6.07, 6.45) is 3.30. The van der Waals surface area contributed by atoms with Crippen molar-refractivity contribution in [3.05, 3.63) is 17.3 Å². The molecule has 0 aromatic carbocycles. The van der Waals surface area contributed by atoms with Crippen molar-refractivity contribution in [1.29, 1.82) is 0 Å². The Morgan fingerprint density at radius 1 is 1.37 bits per heavy atom. The van der Waals surface area contributed by atoms with Gasteiger partial charge in [-0.3, -0.25) is 9.59 Å². The van der Waals surface area contributed by atoms with Gasteiger partial charge in [-0.25, -0.2) is 9.97 Å². The third kappa shape index (κ3) is 2.79. The second-order valence-electron chi connectivity index (χ2n) is 3.73. The van der Waals surface area contributed by atoms with Gasteiger partial charge >= 0.3 is 0 Å². The molecule has 7 nitrogen and oxygen atoms in total. The Hall–Kier alpha value is -2.22. The molecular formula is C11H13N5O2S. The summed E-state index contributed by atoms with van der Waals surface area (Å²) in [6, 6.07) is 0. The molecule has 0 aliphatic heterocycles. The van der Waals surface area contributed by atoms with Crippen LogP contribution < -0.4 is 16.4 Å². The molecule has 8 heteroatoms. The third-order valence-corrected chi connectivity index (χ3v) is 3.59. The topological polar surface area (TPSA) is 110 Å². The van der Waals surface area contributed by atoms with E-state index in [1.807, 2.05) is 0 Å². The standard InChI is InChI=1S/C11H13N5O2S/c1-13-6(17)2-3-15-10(18)9-7(12)8-11(19-9)16-5-4-14-8/h4-5H,2-3,12H2,1H3,(H,13,17)(H,15,18). The molecule has 0 radical (unpaired) electrons. The summed E-state index contributed by atoms with van der Waals surface area (Å²) in [6.45, 7) is 0.257. The van der Waals surface area contributed by atoms with Gasteiger partial charge in [0.05, 0.1) is 5.69 Å². The summed E-state index contributed by atoms with van der Waals surface area (Å²) < 4.78 is 0. The molecule has 0 spiro atoms. The quantitative estimate of drug-likeness (QED) is 0.737. The molecule has 2 aromatic rings. The normalized spacial score (nSPS) is 10.4. The van der Waals surface area contributed by atoms with Crippen molar-refractivity contribution in [2.75, 3.05) is 19.3 Å². The Bertz CT molecular complexity index is 625. The number of hydrogen-bond acceptors (Lipinski definition) is 6. The molecule has 4 N–H and O–H groups in total. The molecule has 2 aromatic heterocycles. The molecule has 0 bridgehead atoms. The Kier molecular flexibility index (Phi) is 3.91. The molecule has 2 amide bonds. The highest BCUT2D eigenvalue weighted by Gasteiger charge is 2.17. The van der Waals surface area contributed by atoms with E-state index in [-0.39, 0.29) is 24.8 Å². The van der Waals surface area contributed by atoms with E-state index in [4.69, 9.17) is 5.73 Å². The first-order chi connectivity index (χ1) is 9.13. The minimum atomic E-state index is -0.314. The molecule has 0 aliphatic carbocycles. The Labute approximate surface area is 113 Å². The largest absolute Gasteiger partial charge is 0.396 e. The van der Waals surface area contributed by atoms with Crippen LogP contribution in [-0.2, 0) is 4.79 Å². The fourth-order valence-corrected chi connectivity index (χ4v) is 2.45. The van der Waals surface area contributed by atoms with Crippen molar-refractivity contribution >= 4 is 39.2 Å². The highest BCUT2D eigenvalue weighted by molar-refractivity contribution is 7.21. The van der Waals surface area contributed by atoms with Gasteiger partial charge in [-0.1, -0.05) is 0 Å². The second kappa shape index (κ2) is 5.61. The summed E-state index contributed by atoms with van der Waals surface area (Å²) in [5, 5.41) is 5.12. The number of amides is 2. The zero-order valence-electron chi connectivity index (χ0n) is 10.3. The van der Waals surface area contributed by atoms with Gasteiger partial charge in [0.2, 0.25) is 5.91 Å². The maximum Gasteiger partial charge on any atom is 0.263 e. The number of hydrogen-bond donors (Lipinski definition) is 3. The van der Waals surface area contributed by atoms with Crippen LogP contribution in [0.25, 0.3) is 10.3 Å². The first kappa shape index (κ1) is 13.2. The van der Waals surface area contributed by atoms with Crippen molar-refractivity contribution in [1.82, 2.24) is 20.6 Å². The van der Waals surface area contributed by atoms with Gasteiger partial charge in [0.15, 0.2) is 0 Å². The monoisotopic (exact) mass is 279 g/mol. The molecule has 19 heavy (non-hydrogen) atoms. The van der Waals surface area contributed by atoms with E-state index in [0.717, 1.165) is 0 Å². The summed E-state index contributed by atoms with van der Waals surface area (Å²) in [7, 11) is 1.55. The summed E-state index contributed by atoms with van der Waals surface area (Å²) in [5.74, 6) is -0.445. The summed E-state index contributed by atoms with van der Waals surface area (Å²) in [4.78, 5) is 32.1. The molecule has 0 saturated heterocycles. The highest BCUT2D eigenvalue weighted by atomic mass is 32.1. The number of nitrogens with two attached hydrogens (primary N) is 1. The fraction of sp³-hybridized carbons (Fsp3) is 0.273. The predicted octanol–water partition coefficient (Wildman–Crippen LogP) is 0.139. The number of nitrogens with zero attached hydrogens (tertiary/aromatic N) is 2. The van der Waals surface area contributed by atoms with Crippen molar-refractivity contribution < 1.29 is 9.59 Å². The number of anilines is 1. The lowest BCUT2D eigenvalue weighted by molar-refractivity contribution is -0.120. The van der Waals surface area contributed by atoms with Gasteiger partial charge in [0.1, 0.15) is 15.2 Å². The molecule has 0 atom stereocenters. The molecule has 2 heterocycles. The number of nitrogen functional groups attached to an aromatic ring is 1. The zero-order chi connectivity index (χ0) is 13.8. The van der Waals surface area contributed by atoms with Crippen LogP contribution in [0.5, 0.6) is 0 Å². The van der Waals surface area contributed by atoms with E-state index in [1.54, 1.807) is 13.2 Å². The van der Waals surface area contributed by atoms with Crippen LogP contribution in [0, 0.1) is 0 Å². The van der Waals surface area contributed by atoms with Crippen molar-refractivity contribution in [3.63, 3.8) is 0 Å². The van der Waals surface area contributed by atoms with Crippen LogP contribution in [0.15, 0.2) is 12.4 Å². The minimum Gasteiger partial charge on any atom is -0.396 e. The molecule has 100 valence electrons. The molecule has 0 fully saturated rings. The third-order valence-electron chi connectivity index (χ3n) is 2.49. The number of nitrogens with one attached hydrogen (secondary N) is 2. The van der Waals surface area contributed by atoms with E-state index >= 15 is 0 Å². The van der Waals surface area contributed by atoms with E-state index in [9.17, 15) is 9.59 Å².